The molecule has 1 saturated heterocycles. The molecule has 96 valence electrons. The predicted molar refractivity (Wildman–Crippen MR) is 61.6 cm³/mol. The van der Waals surface area contributed by atoms with Gasteiger partial charge in [0.15, 0.2) is 0 Å². The second-order valence-corrected chi connectivity index (χ2v) is 4.26. The second kappa shape index (κ2) is 5.65. The van der Waals surface area contributed by atoms with Gasteiger partial charge >= 0.3 is 0 Å². The van der Waals surface area contributed by atoms with Crippen molar-refractivity contribution in [1.82, 2.24) is 14.7 Å². The van der Waals surface area contributed by atoms with Crippen LogP contribution in [0.1, 0.15) is 27.2 Å². The zero-order chi connectivity index (χ0) is 13.0. The van der Waals surface area contributed by atoms with E-state index in [0.717, 1.165) is 6.42 Å². The Morgan fingerprint density at radius 2 is 1.06 bits per heavy atom. The summed E-state index contributed by atoms with van der Waals surface area (Å²) in [6.07, 6.45) is 0.741. The van der Waals surface area contributed by atoms with Crippen LogP contribution in [0.15, 0.2) is 0 Å². The average Bonchev–Trinajstić information content (AvgIpc) is 2.15. The Labute approximate surface area is 101 Å². The summed E-state index contributed by atoms with van der Waals surface area (Å²) in [6.45, 7) is 6.08. The number of hydrogen-bond acceptors (Lipinski definition) is 3. The standard InChI is InChI=1S/C11H19N3O3/c1-9(15)12-5-4-6-13(10(2)16)8-14(7-12)11(3)17/h4-8H2,1-3H3. The van der Waals surface area contributed by atoms with Gasteiger partial charge in [-0.25, -0.2) is 0 Å². The molecule has 0 spiro atoms. The highest BCUT2D eigenvalue weighted by Gasteiger charge is 2.22. The monoisotopic (exact) mass is 241 g/mol. The van der Waals surface area contributed by atoms with Crippen molar-refractivity contribution >= 4 is 17.7 Å². The van der Waals surface area contributed by atoms with Crippen molar-refractivity contribution in [3.05, 3.63) is 0 Å². The van der Waals surface area contributed by atoms with Gasteiger partial charge in [0.25, 0.3) is 0 Å². The largest absolute Gasteiger partial charge is 0.325 e. The summed E-state index contributed by atoms with van der Waals surface area (Å²) in [7, 11) is 0. The number of carbonyl (C=O) groups is 3. The molecule has 0 unspecified atom stereocenters. The quantitative estimate of drug-likeness (QED) is 0.592. The molecule has 0 aliphatic carbocycles. The molecule has 0 N–H and O–H groups in total. The summed E-state index contributed by atoms with van der Waals surface area (Å²) in [5, 5.41) is 0. The van der Waals surface area contributed by atoms with E-state index in [1.165, 1.54) is 25.7 Å². The molecule has 0 saturated carbocycles. The van der Waals surface area contributed by atoms with Crippen molar-refractivity contribution in [3.8, 4) is 0 Å². The molecule has 0 bridgehead atoms. The lowest BCUT2D eigenvalue weighted by atomic mass is 10.3. The molecule has 1 aliphatic rings. The zero-order valence-corrected chi connectivity index (χ0v) is 10.6. The number of amides is 3. The van der Waals surface area contributed by atoms with E-state index in [1.807, 2.05) is 0 Å². The van der Waals surface area contributed by atoms with E-state index in [2.05, 4.69) is 0 Å². The number of carbonyl (C=O) groups excluding carboxylic acids is 3. The summed E-state index contributed by atoms with van der Waals surface area (Å²) >= 11 is 0. The van der Waals surface area contributed by atoms with Gasteiger partial charge < -0.3 is 14.7 Å². The summed E-state index contributed by atoms with van der Waals surface area (Å²) in [5.41, 5.74) is 0. The van der Waals surface area contributed by atoms with Gasteiger partial charge in [-0.15, -0.1) is 0 Å². The molecule has 1 aliphatic heterocycles. The normalized spacial score (nSPS) is 17.5. The molecule has 1 fully saturated rings. The molecule has 1 rings (SSSR count). The minimum absolute atomic E-state index is 0.0486. The Morgan fingerprint density at radius 1 is 0.706 bits per heavy atom. The van der Waals surface area contributed by atoms with Crippen molar-refractivity contribution < 1.29 is 14.4 Å². The summed E-state index contributed by atoms with van der Waals surface area (Å²) in [5.74, 6) is -0.232. The van der Waals surface area contributed by atoms with E-state index in [9.17, 15) is 14.4 Å². The third-order valence-corrected chi connectivity index (χ3v) is 2.87. The second-order valence-electron chi connectivity index (χ2n) is 4.26. The summed E-state index contributed by atoms with van der Waals surface area (Å²) in [6, 6.07) is 0. The van der Waals surface area contributed by atoms with Crippen LogP contribution in [0.2, 0.25) is 0 Å². The Morgan fingerprint density at radius 3 is 1.35 bits per heavy atom. The highest BCUT2D eigenvalue weighted by Crippen LogP contribution is 2.06. The minimum Gasteiger partial charge on any atom is -0.325 e. The van der Waals surface area contributed by atoms with Gasteiger partial charge in [-0.05, 0) is 6.42 Å². The van der Waals surface area contributed by atoms with Crippen molar-refractivity contribution in [3.63, 3.8) is 0 Å². The van der Waals surface area contributed by atoms with Gasteiger partial charge in [-0.1, -0.05) is 0 Å². The molecule has 0 radical (unpaired) electrons. The first-order valence-electron chi connectivity index (χ1n) is 5.68. The van der Waals surface area contributed by atoms with Crippen molar-refractivity contribution in [2.24, 2.45) is 0 Å². The van der Waals surface area contributed by atoms with Gasteiger partial charge in [0, 0.05) is 33.9 Å². The van der Waals surface area contributed by atoms with E-state index >= 15 is 0 Å². The van der Waals surface area contributed by atoms with E-state index in [1.54, 1.807) is 9.80 Å². The van der Waals surface area contributed by atoms with Crippen LogP contribution in [-0.2, 0) is 14.4 Å². The Hall–Kier alpha value is -1.59. The topological polar surface area (TPSA) is 60.9 Å². The van der Waals surface area contributed by atoms with Crippen LogP contribution in [0, 0.1) is 0 Å². The maximum absolute atomic E-state index is 11.5. The number of nitrogens with zero attached hydrogens (tertiary/aromatic N) is 3. The SMILES string of the molecule is CC(=O)N1CCCN(C(C)=O)CN(C(C)=O)C1. The lowest BCUT2D eigenvalue weighted by Crippen LogP contribution is -2.51. The van der Waals surface area contributed by atoms with E-state index in [-0.39, 0.29) is 31.1 Å². The van der Waals surface area contributed by atoms with Gasteiger partial charge in [-0.2, -0.15) is 0 Å². The van der Waals surface area contributed by atoms with Crippen LogP contribution < -0.4 is 0 Å². The third kappa shape index (κ3) is 3.72. The fourth-order valence-corrected chi connectivity index (χ4v) is 1.76. The highest BCUT2D eigenvalue weighted by molar-refractivity contribution is 5.77. The first kappa shape index (κ1) is 13.5. The Kier molecular flexibility index (Phi) is 4.48. The van der Waals surface area contributed by atoms with Gasteiger partial charge in [0.1, 0.15) is 0 Å². The van der Waals surface area contributed by atoms with E-state index in [0.29, 0.717) is 13.1 Å². The molecule has 6 nitrogen and oxygen atoms in total. The van der Waals surface area contributed by atoms with Crippen molar-refractivity contribution in [1.29, 1.82) is 0 Å². The van der Waals surface area contributed by atoms with Crippen LogP contribution in [-0.4, -0.2) is 58.8 Å². The minimum atomic E-state index is -0.135. The van der Waals surface area contributed by atoms with E-state index < -0.39 is 0 Å². The van der Waals surface area contributed by atoms with Crippen LogP contribution >= 0.6 is 0 Å². The number of rotatable bonds is 0. The molecular formula is C11H19N3O3. The van der Waals surface area contributed by atoms with Crippen LogP contribution in [0.3, 0.4) is 0 Å². The average molecular weight is 241 g/mol. The first-order valence-corrected chi connectivity index (χ1v) is 5.68. The molecule has 3 amide bonds. The fraction of sp³-hybridized carbons (Fsp3) is 0.727. The highest BCUT2D eigenvalue weighted by atomic mass is 16.2. The van der Waals surface area contributed by atoms with Gasteiger partial charge in [-0.3, -0.25) is 14.4 Å². The summed E-state index contributed by atoms with van der Waals surface area (Å²) in [4.78, 5) is 38.9. The maximum atomic E-state index is 11.5. The van der Waals surface area contributed by atoms with E-state index in [4.69, 9.17) is 0 Å². The predicted octanol–water partition coefficient (Wildman–Crippen LogP) is -0.149. The maximum Gasteiger partial charge on any atom is 0.222 e. The zero-order valence-electron chi connectivity index (χ0n) is 10.6. The smallest absolute Gasteiger partial charge is 0.222 e. The lowest BCUT2D eigenvalue weighted by molar-refractivity contribution is -0.144. The van der Waals surface area contributed by atoms with Crippen LogP contribution in [0.4, 0.5) is 0 Å². The molecular weight excluding hydrogens is 222 g/mol. The Balaban J connectivity index is 2.77. The third-order valence-electron chi connectivity index (χ3n) is 2.87. The van der Waals surface area contributed by atoms with Crippen molar-refractivity contribution in [2.75, 3.05) is 26.4 Å². The molecule has 0 aromatic heterocycles. The molecule has 1 heterocycles. The van der Waals surface area contributed by atoms with Crippen LogP contribution in [0.5, 0.6) is 0 Å². The molecule has 0 aromatic carbocycles. The van der Waals surface area contributed by atoms with Crippen molar-refractivity contribution in [2.45, 2.75) is 27.2 Å². The number of hydrogen-bond donors (Lipinski definition) is 0. The molecule has 0 aromatic rings. The summed E-state index contributed by atoms with van der Waals surface area (Å²) < 4.78 is 0. The first-order chi connectivity index (χ1) is 7.91. The fourth-order valence-electron chi connectivity index (χ4n) is 1.76. The molecule has 6 heteroatoms. The lowest BCUT2D eigenvalue weighted by Gasteiger charge is -2.36. The van der Waals surface area contributed by atoms with Crippen LogP contribution in [0.25, 0.3) is 0 Å². The molecule has 0 atom stereocenters. The van der Waals surface area contributed by atoms with Gasteiger partial charge in [0.05, 0.1) is 13.3 Å². The molecule has 17 heavy (non-hydrogen) atoms. The Bertz CT molecular complexity index is 306. The van der Waals surface area contributed by atoms with Gasteiger partial charge in [0.2, 0.25) is 17.7 Å².